The van der Waals surface area contributed by atoms with E-state index < -0.39 is 18.0 Å². The Kier molecular flexibility index (Phi) is 30.3. The predicted molar refractivity (Wildman–Crippen MR) is 218 cm³/mol. The first-order valence-corrected chi connectivity index (χ1v) is 19.5. The van der Waals surface area contributed by atoms with Crippen LogP contribution in [-0.4, -0.2) is 62.1 Å². The Hall–Kier alpha value is -3.96. The first kappa shape index (κ1) is 52.1. The second-order valence-corrected chi connectivity index (χ2v) is 11.5. The summed E-state index contributed by atoms with van der Waals surface area (Å²) in [5, 5.41) is 0. The molecule has 4 aromatic rings. The molecule has 304 valence electrons. The normalized spacial score (nSPS) is 14.4. The Balaban J connectivity index is 0. The zero-order valence-corrected chi connectivity index (χ0v) is 35.0. The molecule has 1 N–H and O–H groups in total. The number of nitrogens with zero attached hydrogens (tertiary/aromatic N) is 5. The fraction of sp³-hybridized carbons (Fsp3) is 0.535. The summed E-state index contributed by atoms with van der Waals surface area (Å²) in [4.78, 5) is 29.9. The molecule has 0 bridgehead atoms. The molecule has 2 aliphatic rings. The Morgan fingerprint density at radius 1 is 0.630 bits per heavy atom. The van der Waals surface area contributed by atoms with Crippen molar-refractivity contribution in [3.8, 4) is 0 Å². The number of aryl methyl sites for hydroxylation is 4. The van der Waals surface area contributed by atoms with Gasteiger partial charge in [-0.15, -0.1) is 0 Å². The Labute approximate surface area is 323 Å². The molecule has 0 aromatic carbocycles. The zero-order valence-electron chi connectivity index (χ0n) is 35.0. The van der Waals surface area contributed by atoms with Crippen LogP contribution in [0.2, 0.25) is 0 Å². The average molecular weight is 761 g/mol. The van der Waals surface area contributed by atoms with E-state index in [1.807, 2.05) is 106 Å². The third kappa shape index (κ3) is 24.4. The SMILES string of the molecule is CC.CC.CC.CC.Cc1cccc(=O)[nH]1.Cc1cccc(C(F)(F)F)n1.Cc1cccc(CN2CCC(F)C2)n1.Cc1cccc(CN2CCCC2)n1. The maximum absolute atomic E-state index is 12.9. The number of rotatable bonds is 4. The van der Waals surface area contributed by atoms with Crippen LogP contribution in [0.15, 0.2) is 77.6 Å². The van der Waals surface area contributed by atoms with Crippen LogP contribution in [0, 0.1) is 27.7 Å². The van der Waals surface area contributed by atoms with Crippen molar-refractivity contribution in [2.75, 3.05) is 26.2 Å². The minimum Gasteiger partial charge on any atom is -0.327 e. The van der Waals surface area contributed by atoms with Gasteiger partial charge >= 0.3 is 6.18 Å². The van der Waals surface area contributed by atoms with Crippen LogP contribution in [0.4, 0.5) is 17.6 Å². The summed E-state index contributed by atoms with van der Waals surface area (Å²) in [7, 11) is 0. The molecular weight excluding hydrogens is 693 g/mol. The summed E-state index contributed by atoms with van der Waals surface area (Å²) in [5.41, 5.74) is 4.80. The van der Waals surface area contributed by atoms with Crippen LogP contribution < -0.4 is 5.56 Å². The minimum absolute atomic E-state index is 0.0370. The third-order valence-electron chi connectivity index (χ3n) is 7.17. The fourth-order valence-electron chi connectivity index (χ4n) is 4.96. The van der Waals surface area contributed by atoms with E-state index in [-0.39, 0.29) is 5.56 Å². The van der Waals surface area contributed by atoms with Crippen LogP contribution in [0.1, 0.15) is 115 Å². The van der Waals surface area contributed by atoms with E-state index in [0.29, 0.717) is 18.7 Å². The maximum atomic E-state index is 12.9. The highest BCUT2D eigenvalue weighted by molar-refractivity contribution is 5.13. The van der Waals surface area contributed by atoms with E-state index >= 15 is 0 Å². The molecule has 2 saturated heterocycles. The first-order valence-electron chi connectivity index (χ1n) is 19.5. The number of hydrogen-bond acceptors (Lipinski definition) is 6. The van der Waals surface area contributed by atoms with Crippen LogP contribution in [0.5, 0.6) is 0 Å². The monoisotopic (exact) mass is 761 g/mol. The fourth-order valence-corrected chi connectivity index (χ4v) is 4.96. The molecule has 0 aliphatic carbocycles. The van der Waals surface area contributed by atoms with Crippen molar-refractivity contribution in [1.82, 2.24) is 29.7 Å². The van der Waals surface area contributed by atoms with Gasteiger partial charge < -0.3 is 4.98 Å². The smallest absolute Gasteiger partial charge is 0.327 e. The minimum atomic E-state index is -4.33. The number of aromatic amines is 1. The van der Waals surface area contributed by atoms with Crippen molar-refractivity contribution < 1.29 is 17.6 Å². The van der Waals surface area contributed by atoms with Gasteiger partial charge in [0.1, 0.15) is 11.9 Å². The van der Waals surface area contributed by atoms with Crippen molar-refractivity contribution in [1.29, 1.82) is 0 Å². The van der Waals surface area contributed by atoms with Crippen molar-refractivity contribution >= 4 is 0 Å². The van der Waals surface area contributed by atoms with Gasteiger partial charge in [-0.1, -0.05) is 79.7 Å². The molecular formula is C43H68F4N6O. The maximum Gasteiger partial charge on any atom is 0.433 e. The summed E-state index contributed by atoms with van der Waals surface area (Å²) in [6.07, 6.45) is -1.59. The summed E-state index contributed by atoms with van der Waals surface area (Å²) >= 11 is 0. The van der Waals surface area contributed by atoms with Gasteiger partial charge in [0, 0.05) is 55.0 Å². The van der Waals surface area contributed by atoms with Crippen LogP contribution in [0.3, 0.4) is 0 Å². The summed E-state index contributed by atoms with van der Waals surface area (Å²) in [6.45, 7) is 29.1. The molecule has 0 amide bonds. The number of likely N-dealkylation sites (tertiary alicyclic amines) is 2. The number of halogens is 4. The second kappa shape index (κ2) is 31.4. The number of alkyl halides is 4. The van der Waals surface area contributed by atoms with E-state index in [1.165, 1.54) is 56.7 Å². The van der Waals surface area contributed by atoms with Gasteiger partial charge in [-0.2, -0.15) is 13.2 Å². The van der Waals surface area contributed by atoms with Gasteiger partial charge in [-0.25, -0.2) is 9.37 Å². The van der Waals surface area contributed by atoms with Crippen LogP contribution in [0.25, 0.3) is 0 Å². The van der Waals surface area contributed by atoms with E-state index in [4.69, 9.17) is 0 Å². The van der Waals surface area contributed by atoms with Gasteiger partial charge in [0.2, 0.25) is 5.56 Å². The lowest BCUT2D eigenvalue weighted by Crippen LogP contribution is -2.21. The van der Waals surface area contributed by atoms with E-state index in [1.54, 1.807) is 6.07 Å². The average Bonchev–Trinajstić information content (AvgIpc) is 3.83. The summed E-state index contributed by atoms with van der Waals surface area (Å²) < 4.78 is 48.6. The lowest BCUT2D eigenvalue weighted by Gasteiger charge is -2.13. The molecule has 7 nitrogen and oxygen atoms in total. The molecule has 11 heteroatoms. The Bertz CT molecular complexity index is 1540. The molecule has 0 saturated carbocycles. The second-order valence-electron chi connectivity index (χ2n) is 11.5. The highest BCUT2D eigenvalue weighted by atomic mass is 19.4. The third-order valence-corrected chi connectivity index (χ3v) is 7.17. The summed E-state index contributed by atoms with van der Waals surface area (Å²) in [5.74, 6) is 0. The summed E-state index contributed by atoms with van der Waals surface area (Å²) in [6, 6.07) is 21.1. The Morgan fingerprint density at radius 3 is 1.43 bits per heavy atom. The van der Waals surface area contributed by atoms with Crippen LogP contribution in [-0.2, 0) is 19.3 Å². The van der Waals surface area contributed by atoms with Crippen LogP contribution >= 0.6 is 0 Å². The standard InChI is InChI=1S/C11H15FN2.C11H16N2.C7H6F3N.C6H7NO.4C2H6/c1-9-3-2-4-11(13-9)8-14-6-5-10(12)7-14;1-10-5-4-6-11(12-10)9-13-7-2-3-8-13;1-5-3-2-4-6(11-5)7(8,9)10;1-5-3-2-4-6(8)7-5;4*1-2/h2-4,10H,5-8H2,1H3;4-6H,2-3,7-9H2,1H3;2-4H,1H3;2-4H,1H3,(H,7,8);4*1-2H3. The quantitative estimate of drug-likeness (QED) is 0.209. The molecule has 54 heavy (non-hydrogen) atoms. The lowest BCUT2D eigenvalue weighted by atomic mass is 10.3. The first-order chi connectivity index (χ1) is 25.9. The number of aromatic nitrogens is 4. The van der Waals surface area contributed by atoms with Gasteiger partial charge in [-0.05, 0) is 103 Å². The van der Waals surface area contributed by atoms with E-state index in [9.17, 15) is 22.4 Å². The molecule has 1 atom stereocenters. The van der Waals surface area contributed by atoms with Crippen molar-refractivity contribution in [2.45, 2.75) is 128 Å². The lowest BCUT2D eigenvalue weighted by molar-refractivity contribution is -0.141. The van der Waals surface area contributed by atoms with Crippen molar-refractivity contribution in [3.05, 3.63) is 123 Å². The van der Waals surface area contributed by atoms with Gasteiger partial charge in [0.05, 0.1) is 11.4 Å². The largest absolute Gasteiger partial charge is 0.433 e. The van der Waals surface area contributed by atoms with Gasteiger partial charge in [0.15, 0.2) is 0 Å². The van der Waals surface area contributed by atoms with Gasteiger partial charge in [0.25, 0.3) is 0 Å². The number of hydrogen-bond donors (Lipinski definition) is 1. The molecule has 0 spiro atoms. The van der Waals surface area contributed by atoms with E-state index in [0.717, 1.165) is 48.5 Å². The Morgan fingerprint density at radius 2 is 1.07 bits per heavy atom. The molecule has 4 aromatic heterocycles. The number of H-pyrrole nitrogens is 1. The van der Waals surface area contributed by atoms with Crippen molar-refractivity contribution in [3.63, 3.8) is 0 Å². The van der Waals surface area contributed by atoms with E-state index in [2.05, 4.69) is 41.9 Å². The highest BCUT2D eigenvalue weighted by Gasteiger charge is 2.32. The molecule has 6 rings (SSSR count). The van der Waals surface area contributed by atoms with Gasteiger partial charge in [-0.3, -0.25) is 24.6 Å². The topological polar surface area (TPSA) is 78.0 Å². The molecule has 2 aliphatic heterocycles. The zero-order chi connectivity index (χ0) is 41.5. The molecule has 0 radical (unpaired) electrons. The molecule has 1 unspecified atom stereocenters. The predicted octanol–water partition coefficient (Wildman–Crippen LogP) is 11.1. The number of pyridine rings is 4. The van der Waals surface area contributed by atoms with Crippen molar-refractivity contribution in [2.24, 2.45) is 0 Å². The molecule has 2 fully saturated rings. The molecule has 6 heterocycles. The highest BCUT2D eigenvalue weighted by Crippen LogP contribution is 2.27. The number of nitrogens with one attached hydrogen (secondary N) is 1.